The van der Waals surface area contributed by atoms with Gasteiger partial charge in [-0.25, -0.2) is 0 Å². The molecule has 1 atom stereocenters. The van der Waals surface area contributed by atoms with Gasteiger partial charge >= 0.3 is 0 Å². The van der Waals surface area contributed by atoms with Gasteiger partial charge in [-0.1, -0.05) is 35.0 Å². The van der Waals surface area contributed by atoms with Crippen molar-refractivity contribution in [1.29, 1.82) is 5.26 Å². The van der Waals surface area contributed by atoms with Crippen LogP contribution in [0.3, 0.4) is 0 Å². The van der Waals surface area contributed by atoms with Crippen LogP contribution in [0, 0.1) is 11.3 Å². The Bertz CT molecular complexity index is 460. The SMILES string of the molecule is CCC(Br)C(=O)Nc1ccc(C(C)(C)C#N)cc1. The number of carbonyl (C=O) groups excluding carboxylic acids is 1. The zero-order valence-electron chi connectivity index (χ0n) is 10.8. The Labute approximate surface area is 116 Å². The summed E-state index contributed by atoms with van der Waals surface area (Å²) < 4.78 is 0. The van der Waals surface area contributed by atoms with E-state index in [1.807, 2.05) is 45.0 Å². The maximum absolute atomic E-state index is 11.7. The van der Waals surface area contributed by atoms with Gasteiger partial charge in [0.05, 0.1) is 16.3 Å². The molecule has 0 bridgehead atoms. The highest BCUT2D eigenvalue weighted by atomic mass is 79.9. The van der Waals surface area contributed by atoms with Crippen LogP contribution in [-0.4, -0.2) is 10.7 Å². The van der Waals surface area contributed by atoms with Crippen molar-refractivity contribution in [2.24, 2.45) is 0 Å². The molecule has 0 aliphatic carbocycles. The summed E-state index contributed by atoms with van der Waals surface area (Å²) in [5, 5.41) is 11.9. The molecular weight excluding hydrogens is 292 g/mol. The molecule has 0 heterocycles. The number of carbonyl (C=O) groups is 1. The van der Waals surface area contributed by atoms with E-state index in [1.54, 1.807) is 0 Å². The molecule has 1 unspecified atom stereocenters. The van der Waals surface area contributed by atoms with Crippen molar-refractivity contribution in [3.63, 3.8) is 0 Å². The minimum Gasteiger partial charge on any atom is -0.325 e. The maximum atomic E-state index is 11.7. The number of amides is 1. The van der Waals surface area contributed by atoms with Crippen molar-refractivity contribution in [1.82, 2.24) is 0 Å². The van der Waals surface area contributed by atoms with Gasteiger partial charge in [-0.15, -0.1) is 0 Å². The minimum atomic E-state index is -0.510. The molecule has 4 heteroatoms. The van der Waals surface area contributed by atoms with Gasteiger partial charge in [0, 0.05) is 5.69 Å². The Morgan fingerprint density at radius 3 is 2.44 bits per heavy atom. The smallest absolute Gasteiger partial charge is 0.238 e. The van der Waals surface area contributed by atoms with Crippen LogP contribution < -0.4 is 5.32 Å². The lowest BCUT2D eigenvalue weighted by Gasteiger charge is -2.16. The van der Waals surface area contributed by atoms with E-state index in [1.165, 1.54) is 0 Å². The van der Waals surface area contributed by atoms with E-state index < -0.39 is 5.41 Å². The van der Waals surface area contributed by atoms with Crippen molar-refractivity contribution >= 4 is 27.5 Å². The number of anilines is 1. The van der Waals surface area contributed by atoms with E-state index in [0.29, 0.717) is 0 Å². The molecule has 1 N–H and O–H groups in total. The van der Waals surface area contributed by atoms with E-state index >= 15 is 0 Å². The largest absolute Gasteiger partial charge is 0.325 e. The van der Waals surface area contributed by atoms with Crippen molar-refractivity contribution in [3.05, 3.63) is 29.8 Å². The number of nitriles is 1. The van der Waals surface area contributed by atoms with Gasteiger partial charge in [0.25, 0.3) is 0 Å². The summed E-state index contributed by atoms with van der Waals surface area (Å²) in [4.78, 5) is 11.5. The van der Waals surface area contributed by atoms with E-state index in [9.17, 15) is 4.79 Å². The molecule has 0 saturated heterocycles. The Morgan fingerprint density at radius 1 is 1.44 bits per heavy atom. The van der Waals surface area contributed by atoms with E-state index in [2.05, 4.69) is 27.3 Å². The zero-order chi connectivity index (χ0) is 13.8. The second-order valence-corrected chi connectivity index (χ2v) is 5.78. The van der Waals surface area contributed by atoms with Crippen molar-refractivity contribution in [2.75, 3.05) is 5.32 Å². The maximum Gasteiger partial charge on any atom is 0.238 e. The van der Waals surface area contributed by atoms with Crippen molar-refractivity contribution < 1.29 is 4.79 Å². The van der Waals surface area contributed by atoms with Gasteiger partial charge < -0.3 is 5.32 Å². The van der Waals surface area contributed by atoms with Gasteiger partial charge in [-0.2, -0.15) is 5.26 Å². The molecule has 18 heavy (non-hydrogen) atoms. The lowest BCUT2D eigenvalue weighted by Crippen LogP contribution is -2.22. The Kier molecular flexibility index (Phi) is 4.92. The monoisotopic (exact) mass is 308 g/mol. The molecule has 0 aromatic heterocycles. The van der Waals surface area contributed by atoms with Crippen LogP contribution in [0.4, 0.5) is 5.69 Å². The van der Waals surface area contributed by atoms with Gasteiger partial charge in [-0.3, -0.25) is 4.79 Å². The molecular formula is C14H17BrN2O. The lowest BCUT2D eigenvalue weighted by molar-refractivity contribution is -0.115. The van der Waals surface area contributed by atoms with Gasteiger partial charge in [0.15, 0.2) is 0 Å². The summed E-state index contributed by atoms with van der Waals surface area (Å²) in [6.07, 6.45) is 0.741. The summed E-state index contributed by atoms with van der Waals surface area (Å²) in [5.74, 6) is -0.0511. The molecule has 0 aliphatic heterocycles. The third-order valence-corrected chi connectivity index (χ3v) is 3.86. The highest BCUT2D eigenvalue weighted by Gasteiger charge is 2.19. The quantitative estimate of drug-likeness (QED) is 0.864. The Balaban J connectivity index is 2.79. The second kappa shape index (κ2) is 6.01. The lowest BCUT2D eigenvalue weighted by atomic mass is 9.86. The second-order valence-electron chi connectivity index (χ2n) is 4.68. The number of benzene rings is 1. The normalized spacial score (nSPS) is 12.6. The topological polar surface area (TPSA) is 52.9 Å². The summed E-state index contributed by atoms with van der Waals surface area (Å²) in [6.45, 7) is 5.68. The summed E-state index contributed by atoms with van der Waals surface area (Å²) in [6, 6.07) is 9.63. The van der Waals surface area contributed by atoms with E-state index in [-0.39, 0.29) is 10.7 Å². The Morgan fingerprint density at radius 2 is 2.00 bits per heavy atom. The first-order valence-electron chi connectivity index (χ1n) is 5.87. The third-order valence-electron chi connectivity index (χ3n) is 2.80. The molecule has 0 spiro atoms. The van der Waals surface area contributed by atoms with Crippen LogP contribution in [0.2, 0.25) is 0 Å². The number of rotatable bonds is 4. The van der Waals surface area contributed by atoms with Gasteiger partial charge in [0.1, 0.15) is 0 Å². The van der Waals surface area contributed by atoms with Crippen LogP contribution in [0.15, 0.2) is 24.3 Å². The van der Waals surface area contributed by atoms with Gasteiger partial charge in [0.2, 0.25) is 5.91 Å². The standard InChI is InChI=1S/C14H17BrN2O/c1-4-12(15)13(18)17-11-7-5-10(6-8-11)14(2,3)9-16/h5-8,12H,4H2,1-3H3,(H,17,18). The molecule has 1 aromatic carbocycles. The molecule has 0 saturated carbocycles. The van der Waals surface area contributed by atoms with Crippen LogP contribution in [0.5, 0.6) is 0 Å². The van der Waals surface area contributed by atoms with Crippen molar-refractivity contribution in [2.45, 2.75) is 37.4 Å². The Hall–Kier alpha value is -1.34. The average molecular weight is 309 g/mol. The summed E-state index contributed by atoms with van der Waals surface area (Å²) in [7, 11) is 0. The minimum absolute atomic E-state index is 0.0511. The first-order valence-corrected chi connectivity index (χ1v) is 6.79. The fraction of sp³-hybridized carbons (Fsp3) is 0.429. The van der Waals surface area contributed by atoms with Gasteiger partial charge in [-0.05, 0) is 38.0 Å². The van der Waals surface area contributed by atoms with Crippen LogP contribution in [-0.2, 0) is 10.2 Å². The van der Waals surface area contributed by atoms with Crippen LogP contribution in [0.1, 0.15) is 32.8 Å². The molecule has 1 rings (SSSR count). The molecule has 0 fully saturated rings. The first-order chi connectivity index (χ1) is 8.40. The number of alkyl halides is 1. The highest BCUT2D eigenvalue weighted by molar-refractivity contribution is 9.10. The zero-order valence-corrected chi connectivity index (χ0v) is 12.4. The number of nitrogens with zero attached hydrogens (tertiary/aromatic N) is 1. The fourth-order valence-corrected chi connectivity index (χ4v) is 1.56. The van der Waals surface area contributed by atoms with Crippen molar-refractivity contribution in [3.8, 4) is 6.07 Å². The number of hydrogen-bond donors (Lipinski definition) is 1. The molecule has 1 amide bonds. The molecule has 1 aromatic rings. The highest BCUT2D eigenvalue weighted by Crippen LogP contribution is 2.23. The predicted molar refractivity (Wildman–Crippen MR) is 76.7 cm³/mol. The van der Waals surface area contributed by atoms with Crippen LogP contribution >= 0.6 is 15.9 Å². The molecule has 96 valence electrons. The predicted octanol–water partition coefficient (Wildman–Crippen LogP) is 3.60. The number of halogens is 1. The van der Waals surface area contributed by atoms with E-state index in [0.717, 1.165) is 17.7 Å². The number of hydrogen-bond acceptors (Lipinski definition) is 2. The fourth-order valence-electron chi connectivity index (χ4n) is 1.44. The average Bonchev–Trinajstić information content (AvgIpc) is 2.38. The first kappa shape index (κ1) is 14.7. The van der Waals surface area contributed by atoms with Crippen LogP contribution in [0.25, 0.3) is 0 Å². The number of nitrogens with one attached hydrogen (secondary N) is 1. The summed E-state index contributed by atoms with van der Waals surface area (Å²) >= 11 is 3.30. The summed E-state index contributed by atoms with van der Waals surface area (Å²) in [5.41, 5.74) is 1.17. The molecule has 0 radical (unpaired) electrons. The third kappa shape index (κ3) is 3.58. The molecule has 3 nitrogen and oxygen atoms in total. The van der Waals surface area contributed by atoms with E-state index in [4.69, 9.17) is 5.26 Å². The molecule has 0 aliphatic rings.